The molecule has 0 atom stereocenters. The van der Waals surface area contributed by atoms with Crippen molar-refractivity contribution in [1.82, 2.24) is 5.32 Å². The van der Waals surface area contributed by atoms with E-state index in [4.69, 9.17) is 16.3 Å². The second kappa shape index (κ2) is 8.09. The Hall–Kier alpha value is -1.47. The molecule has 0 unspecified atom stereocenters. The number of hydrogen-bond donors (Lipinski definition) is 2. The molecule has 0 heterocycles. The van der Waals surface area contributed by atoms with Crippen LogP contribution in [0.4, 0.5) is 18.9 Å². The van der Waals surface area contributed by atoms with Crippen molar-refractivity contribution in [2.24, 2.45) is 0 Å². The molecule has 0 bridgehead atoms. The van der Waals surface area contributed by atoms with Crippen molar-refractivity contribution in [3.8, 4) is 0 Å². The van der Waals surface area contributed by atoms with Crippen LogP contribution < -0.4 is 10.6 Å². The van der Waals surface area contributed by atoms with Gasteiger partial charge in [-0.15, -0.1) is 0 Å². The van der Waals surface area contributed by atoms with Gasteiger partial charge in [0.25, 0.3) is 0 Å². The Morgan fingerprint density at radius 2 is 2.10 bits per heavy atom. The summed E-state index contributed by atoms with van der Waals surface area (Å²) in [6.07, 6.45) is -3.91. The van der Waals surface area contributed by atoms with Gasteiger partial charge >= 0.3 is 6.18 Å². The molecular formula is C13H16ClF3N2O2. The van der Waals surface area contributed by atoms with Crippen molar-refractivity contribution in [2.45, 2.75) is 12.6 Å². The van der Waals surface area contributed by atoms with E-state index < -0.39 is 17.6 Å². The van der Waals surface area contributed by atoms with Gasteiger partial charge < -0.3 is 15.4 Å². The molecule has 1 aromatic rings. The molecule has 0 fully saturated rings. The van der Waals surface area contributed by atoms with E-state index >= 15 is 0 Å². The number of hydrogen-bond acceptors (Lipinski definition) is 3. The van der Waals surface area contributed by atoms with Crippen molar-refractivity contribution in [1.29, 1.82) is 0 Å². The van der Waals surface area contributed by atoms with Gasteiger partial charge in [0.2, 0.25) is 5.91 Å². The number of carbonyl (C=O) groups is 1. The smallest absolute Gasteiger partial charge is 0.385 e. The zero-order valence-corrected chi connectivity index (χ0v) is 12.1. The molecular weight excluding hydrogens is 309 g/mol. The summed E-state index contributed by atoms with van der Waals surface area (Å²) in [5, 5.41) is 4.91. The standard InChI is InChI=1S/C13H16ClF3N2O2/c1-21-7-3-6-18-11(20)8-19-12-9(13(15,16)17)4-2-5-10(12)14/h2,4-5,19H,3,6-8H2,1H3,(H,18,20). The molecule has 21 heavy (non-hydrogen) atoms. The van der Waals surface area contributed by atoms with Crippen LogP contribution in [0.2, 0.25) is 5.02 Å². The van der Waals surface area contributed by atoms with E-state index in [2.05, 4.69) is 10.6 Å². The fraction of sp³-hybridized carbons (Fsp3) is 0.462. The predicted molar refractivity (Wildman–Crippen MR) is 74.4 cm³/mol. The molecule has 8 heteroatoms. The summed E-state index contributed by atoms with van der Waals surface area (Å²) in [6, 6.07) is 3.45. The Morgan fingerprint density at radius 1 is 1.38 bits per heavy atom. The van der Waals surface area contributed by atoms with E-state index in [1.807, 2.05) is 0 Å². The second-order valence-electron chi connectivity index (χ2n) is 4.21. The average Bonchev–Trinajstić information content (AvgIpc) is 2.41. The van der Waals surface area contributed by atoms with Gasteiger partial charge in [0.05, 0.1) is 22.8 Å². The van der Waals surface area contributed by atoms with Crippen LogP contribution in [0, 0.1) is 0 Å². The Labute approximate surface area is 125 Å². The lowest BCUT2D eigenvalue weighted by atomic mass is 10.1. The summed E-state index contributed by atoms with van der Waals surface area (Å²) in [7, 11) is 1.54. The summed E-state index contributed by atoms with van der Waals surface area (Å²) in [4.78, 5) is 11.5. The predicted octanol–water partition coefficient (Wildman–Crippen LogP) is 2.92. The summed E-state index contributed by atoms with van der Waals surface area (Å²) < 4.78 is 43.3. The quantitative estimate of drug-likeness (QED) is 0.758. The Kier molecular flexibility index (Phi) is 6.77. The molecule has 0 saturated heterocycles. The number of halogens is 4. The highest BCUT2D eigenvalue weighted by atomic mass is 35.5. The van der Waals surface area contributed by atoms with Crippen molar-refractivity contribution < 1.29 is 22.7 Å². The van der Waals surface area contributed by atoms with E-state index in [1.54, 1.807) is 7.11 Å². The largest absolute Gasteiger partial charge is 0.418 e. The van der Waals surface area contributed by atoms with Crippen LogP contribution in [0.1, 0.15) is 12.0 Å². The van der Waals surface area contributed by atoms with Gasteiger partial charge in [-0.1, -0.05) is 17.7 Å². The summed E-state index contributed by atoms with van der Waals surface area (Å²) >= 11 is 5.75. The normalized spacial score (nSPS) is 11.3. The zero-order chi connectivity index (χ0) is 15.9. The van der Waals surface area contributed by atoms with Crippen molar-refractivity contribution >= 4 is 23.2 Å². The van der Waals surface area contributed by atoms with E-state index in [0.29, 0.717) is 19.6 Å². The molecule has 0 aliphatic carbocycles. The first-order valence-corrected chi connectivity index (χ1v) is 6.59. The first-order chi connectivity index (χ1) is 9.86. The van der Waals surface area contributed by atoms with Gasteiger partial charge in [-0.2, -0.15) is 13.2 Å². The van der Waals surface area contributed by atoms with E-state index in [1.165, 1.54) is 12.1 Å². The topological polar surface area (TPSA) is 50.4 Å². The van der Waals surface area contributed by atoms with Crippen LogP contribution in [-0.4, -0.2) is 32.7 Å². The molecule has 1 rings (SSSR count). The van der Waals surface area contributed by atoms with Crippen molar-refractivity contribution in [3.63, 3.8) is 0 Å². The highest BCUT2D eigenvalue weighted by molar-refractivity contribution is 6.33. The first kappa shape index (κ1) is 17.6. The van der Waals surface area contributed by atoms with Gasteiger partial charge in [0.1, 0.15) is 0 Å². The first-order valence-electron chi connectivity index (χ1n) is 6.21. The molecule has 0 radical (unpaired) electrons. The highest BCUT2D eigenvalue weighted by Gasteiger charge is 2.34. The molecule has 1 amide bonds. The minimum absolute atomic E-state index is 0.0861. The minimum atomic E-state index is -4.54. The summed E-state index contributed by atoms with van der Waals surface area (Å²) in [5.41, 5.74) is -1.19. The maximum atomic E-state index is 12.8. The van der Waals surface area contributed by atoms with Crippen LogP contribution in [0.15, 0.2) is 18.2 Å². The molecule has 0 aliphatic heterocycles. The number of benzene rings is 1. The van der Waals surface area contributed by atoms with Gasteiger partial charge in [0, 0.05) is 20.3 Å². The van der Waals surface area contributed by atoms with Crippen LogP contribution in [-0.2, 0) is 15.7 Å². The highest BCUT2D eigenvalue weighted by Crippen LogP contribution is 2.38. The van der Waals surface area contributed by atoms with Crippen molar-refractivity contribution in [2.75, 3.05) is 32.1 Å². The van der Waals surface area contributed by atoms with Gasteiger partial charge in [-0.3, -0.25) is 4.79 Å². The monoisotopic (exact) mass is 324 g/mol. The number of rotatable bonds is 7. The molecule has 2 N–H and O–H groups in total. The average molecular weight is 325 g/mol. The summed E-state index contributed by atoms with van der Waals surface area (Å²) in [5.74, 6) is -0.417. The van der Waals surface area contributed by atoms with E-state index in [0.717, 1.165) is 6.07 Å². The van der Waals surface area contributed by atoms with Crippen molar-refractivity contribution in [3.05, 3.63) is 28.8 Å². The zero-order valence-electron chi connectivity index (χ0n) is 11.4. The number of amides is 1. The minimum Gasteiger partial charge on any atom is -0.385 e. The molecule has 0 spiro atoms. The number of carbonyl (C=O) groups excluding carboxylic acids is 1. The van der Waals surface area contributed by atoms with Gasteiger partial charge in [-0.05, 0) is 18.6 Å². The van der Waals surface area contributed by atoms with Crippen LogP contribution in [0.5, 0.6) is 0 Å². The Morgan fingerprint density at radius 3 is 2.71 bits per heavy atom. The SMILES string of the molecule is COCCCNC(=O)CNc1c(Cl)cccc1C(F)(F)F. The fourth-order valence-corrected chi connectivity index (χ4v) is 1.86. The lowest BCUT2D eigenvalue weighted by molar-refractivity contribution is -0.137. The van der Waals surface area contributed by atoms with Crippen LogP contribution >= 0.6 is 11.6 Å². The van der Waals surface area contributed by atoms with E-state index in [-0.39, 0.29) is 17.3 Å². The van der Waals surface area contributed by atoms with Gasteiger partial charge in [0.15, 0.2) is 0 Å². The fourth-order valence-electron chi connectivity index (χ4n) is 1.62. The number of methoxy groups -OCH3 is 1. The second-order valence-corrected chi connectivity index (χ2v) is 4.62. The van der Waals surface area contributed by atoms with Gasteiger partial charge in [-0.25, -0.2) is 0 Å². The molecule has 0 aromatic heterocycles. The van der Waals surface area contributed by atoms with Crippen LogP contribution in [0.3, 0.4) is 0 Å². The third-order valence-corrected chi connectivity index (χ3v) is 2.91. The number of anilines is 1. The molecule has 0 aliphatic rings. The Balaban J connectivity index is 2.61. The number of ether oxygens (including phenoxy) is 1. The number of nitrogens with one attached hydrogen (secondary N) is 2. The van der Waals surface area contributed by atoms with Crippen LogP contribution in [0.25, 0.3) is 0 Å². The number of para-hydroxylation sites is 1. The third kappa shape index (κ3) is 5.81. The maximum absolute atomic E-state index is 12.8. The van der Waals surface area contributed by atoms with E-state index in [9.17, 15) is 18.0 Å². The maximum Gasteiger partial charge on any atom is 0.418 e. The molecule has 1 aromatic carbocycles. The lowest BCUT2D eigenvalue weighted by Crippen LogP contribution is -2.31. The molecule has 118 valence electrons. The summed E-state index contributed by atoms with van der Waals surface area (Å²) in [6.45, 7) is 0.596. The molecule has 0 saturated carbocycles. The Bertz CT molecular complexity index is 481. The third-order valence-electron chi connectivity index (χ3n) is 2.59. The molecule has 4 nitrogen and oxygen atoms in total. The lowest BCUT2D eigenvalue weighted by Gasteiger charge is -2.15. The number of alkyl halides is 3.